The molecular weight excluding hydrogens is 450 g/mol. The third-order valence-corrected chi connectivity index (χ3v) is 5.93. The average Bonchev–Trinajstić information content (AvgIpc) is 2.81. The fourth-order valence-corrected chi connectivity index (χ4v) is 3.91. The van der Waals surface area contributed by atoms with Gasteiger partial charge in [-0.25, -0.2) is 8.78 Å². The van der Waals surface area contributed by atoms with Crippen molar-refractivity contribution in [2.45, 2.75) is 13.0 Å². The molecule has 0 saturated carbocycles. The van der Waals surface area contributed by atoms with Gasteiger partial charge >= 0.3 is 0 Å². The van der Waals surface area contributed by atoms with Crippen LogP contribution in [-0.4, -0.2) is 24.6 Å². The Balaban J connectivity index is 1.56. The minimum atomic E-state index is -1.04. The van der Waals surface area contributed by atoms with E-state index >= 15 is 0 Å². The Morgan fingerprint density at radius 3 is 2.39 bits per heavy atom. The molecule has 1 N–H and O–H groups in total. The smallest absolute Gasteiger partial charge is 0.251 e. The van der Waals surface area contributed by atoms with Gasteiger partial charge in [0.25, 0.3) is 5.91 Å². The van der Waals surface area contributed by atoms with E-state index in [-0.39, 0.29) is 34.9 Å². The summed E-state index contributed by atoms with van der Waals surface area (Å²) in [5.41, 5.74) is 2.08. The third-order valence-electron chi connectivity index (χ3n) is 5.62. The number of nitrogens with zero attached hydrogens (tertiary/aromatic N) is 1. The van der Waals surface area contributed by atoms with Crippen LogP contribution in [0.15, 0.2) is 60.7 Å². The highest BCUT2D eigenvalue weighted by atomic mass is 35.5. The number of hydrogen-bond donors (Lipinski definition) is 1. The van der Waals surface area contributed by atoms with E-state index in [1.807, 2.05) is 0 Å². The predicted octanol–water partition coefficient (Wildman–Crippen LogP) is 4.57. The van der Waals surface area contributed by atoms with Crippen molar-refractivity contribution in [1.82, 2.24) is 5.32 Å². The second kappa shape index (κ2) is 9.11. The van der Waals surface area contributed by atoms with E-state index < -0.39 is 29.3 Å². The van der Waals surface area contributed by atoms with Crippen LogP contribution in [0.4, 0.5) is 14.5 Å². The third kappa shape index (κ3) is 4.64. The number of carbonyl (C=O) groups is 3. The summed E-state index contributed by atoms with van der Waals surface area (Å²) in [4.78, 5) is 40.0. The molecule has 0 radical (unpaired) electrons. The maximum absolute atomic E-state index is 13.8. The molecule has 4 rings (SSSR count). The molecule has 168 valence electrons. The molecule has 33 heavy (non-hydrogen) atoms. The van der Waals surface area contributed by atoms with Gasteiger partial charge < -0.3 is 10.2 Å². The topological polar surface area (TPSA) is 66.5 Å². The standard InChI is InChI=1S/C25H19ClF2N2O3/c1-30-22-9-5-16(24(32)29-13-14-2-6-17(27)7-3-14)12-18(22)23(31)19(25(30)33)10-15-4-8-20(26)21(28)11-15/h2-9,11-12,19H,10,13H2,1H3,(H,29,32). The van der Waals surface area contributed by atoms with Crippen molar-refractivity contribution in [1.29, 1.82) is 0 Å². The van der Waals surface area contributed by atoms with Crippen LogP contribution in [0.25, 0.3) is 0 Å². The van der Waals surface area contributed by atoms with Crippen LogP contribution >= 0.6 is 11.6 Å². The Labute approximate surface area is 194 Å². The van der Waals surface area contributed by atoms with Crippen LogP contribution in [-0.2, 0) is 17.8 Å². The molecule has 1 atom stereocenters. The summed E-state index contributed by atoms with van der Waals surface area (Å²) in [5.74, 6) is -3.29. The Morgan fingerprint density at radius 2 is 1.70 bits per heavy atom. The summed E-state index contributed by atoms with van der Waals surface area (Å²) in [7, 11) is 1.55. The molecule has 5 nitrogen and oxygen atoms in total. The summed E-state index contributed by atoms with van der Waals surface area (Å²) in [5, 5.41) is 2.69. The van der Waals surface area contributed by atoms with Crippen LogP contribution in [0.2, 0.25) is 5.02 Å². The molecule has 0 fully saturated rings. The van der Waals surface area contributed by atoms with Crippen molar-refractivity contribution in [2.75, 3.05) is 11.9 Å². The van der Waals surface area contributed by atoms with E-state index in [9.17, 15) is 23.2 Å². The maximum Gasteiger partial charge on any atom is 0.251 e. The Kier molecular flexibility index (Phi) is 6.24. The number of Topliss-reactive ketones (excluding diaryl/α,β-unsaturated/α-hetero) is 1. The molecule has 1 aliphatic heterocycles. The SMILES string of the molecule is CN1C(=O)C(Cc2ccc(Cl)c(F)c2)C(=O)c2cc(C(=O)NCc3ccc(F)cc3)ccc21. The second-order valence-electron chi connectivity index (χ2n) is 7.81. The lowest BCUT2D eigenvalue weighted by Crippen LogP contribution is -2.43. The lowest BCUT2D eigenvalue weighted by molar-refractivity contribution is -0.121. The highest BCUT2D eigenvalue weighted by molar-refractivity contribution is 6.30. The molecule has 2 amide bonds. The highest BCUT2D eigenvalue weighted by Gasteiger charge is 2.38. The lowest BCUT2D eigenvalue weighted by atomic mass is 9.85. The molecule has 0 aliphatic carbocycles. The number of amides is 2. The molecule has 0 saturated heterocycles. The van der Waals surface area contributed by atoms with Gasteiger partial charge in [-0.05, 0) is 60.0 Å². The average molecular weight is 469 g/mol. The number of rotatable bonds is 5. The zero-order valence-corrected chi connectivity index (χ0v) is 18.3. The highest BCUT2D eigenvalue weighted by Crippen LogP contribution is 2.32. The second-order valence-corrected chi connectivity index (χ2v) is 8.21. The van der Waals surface area contributed by atoms with E-state index in [0.29, 0.717) is 11.3 Å². The number of hydrogen-bond acceptors (Lipinski definition) is 3. The molecule has 8 heteroatoms. The number of benzene rings is 3. The summed E-state index contributed by atoms with van der Waals surface area (Å²) < 4.78 is 26.9. The van der Waals surface area contributed by atoms with Gasteiger partial charge in [0.2, 0.25) is 5.91 Å². The summed E-state index contributed by atoms with van der Waals surface area (Å²) in [6, 6.07) is 14.4. The maximum atomic E-state index is 13.8. The zero-order valence-electron chi connectivity index (χ0n) is 17.6. The molecule has 0 spiro atoms. The van der Waals surface area contributed by atoms with E-state index in [2.05, 4.69) is 5.32 Å². The van der Waals surface area contributed by atoms with Gasteiger partial charge in [-0.3, -0.25) is 14.4 Å². The molecular formula is C25H19ClF2N2O3. The quantitative estimate of drug-likeness (QED) is 0.558. The lowest BCUT2D eigenvalue weighted by Gasteiger charge is -2.31. The van der Waals surface area contributed by atoms with Gasteiger partial charge in [-0.1, -0.05) is 29.8 Å². The van der Waals surface area contributed by atoms with Crippen LogP contribution in [0.3, 0.4) is 0 Å². The van der Waals surface area contributed by atoms with Crippen molar-refractivity contribution >= 4 is 34.9 Å². The minimum absolute atomic E-state index is 0.0104. The summed E-state index contributed by atoms with van der Waals surface area (Å²) in [6.07, 6.45) is 0.0104. The minimum Gasteiger partial charge on any atom is -0.348 e. The molecule has 0 aromatic heterocycles. The van der Waals surface area contributed by atoms with Crippen molar-refractivity contribution < 1.29 is 23.2 Å². The molecule has 1 heterocycles. The fourth-order valence-electron chi connectivity index (χ4n) is 3.79. The van der Waals surface area contributed by atoms with Crippen LogP contribution in [0, 0.1) is 17.6 Å². The van der Waals surface area contributed by atoms with E-state index in [0.717, 1.165) is 5.56 Å². The predicted molar refractivity (Wildman–Crippen MR) is 120 cm³/mol. The number of ketones is 1. The van der Waals surface area contributed by atoms with Gasteiger partial charge in [0.15, 0.2) is 5.78 Å². The largest absolute Gasteiger partial charge is 0.348 e. The fraction of sp³-hybridized carbons (Fsp3) is 0.160. The Bertz CT molecular complexity index is 1260. The van der Waals surface area contributed by atoms with E-state index in [4.69, 9.17) is 11.6 Å². The number of fused-ring (bicyclic) bond motifs is 1. The van der Waals surface area contributed by atoms with E-state index in [1.54, 1.807) is 31.3 Å². The Morgan fingerprint density at radius 1 is 1.00 bits per heavy atom. The molecule has 3 aromatic rings. The number of halogens is 3. The Hall–Kier alpha value is -3.58. The summed E-state index contributed by atoms with van der Waals surface area (Å²) in [6.45, 7) is 0.188. The van der Waals surface area contributed by atoms with Gasteiger partial charge in [0.1, 0.15) is 17.6 Å². The van der Waals surface area contributed by atoms with Gasteiger partial charge in [0, 0.05) is 24.7 Å². The van der Waals surface area contributed by atoms with Gasteiger partial charge in [-0.15, -0.1) is 0 Å². The van der Waals surface area contributed by atoms with E-state index in [1.165, 1.54) is 41.3 Å². The van der Waals surface area contributed by atoms with Crippen LogP contribution in [0.5, 0.6) is 0 Å². The first-order valence-corrected chi connectivity index (χ1v) is 10.5. The van der Waals surface area contributed by atoms with Crippen molar-refractivity contribution in [3.8, 4) is 0 Å². The number of nitrogens with one attached hydrogen (secondary N) is 1. The monoisotopic (exact) mass is 468 g/mol. The van der Waals surface area contributed by atoms with Crippen molar-refractivity contribution in [3.63, 3.8) is 0 Å². The molecule has 3 aromatic carbocycles. The number of anilines is 1. The zero-order chi connectivity index (χ0) is 23.7. The van der Waals surface area contributed by atoms with Crippen molar-refractivity contribution in [3.05, 3.63) is 99.6 Å². The molecule has 0 bridgehead atoms. The van der Waals surface area contributed by atoms with Gasteiger partial charge in [-0.2, -0.15) is 0 Å². The first-order chi connectivity index (χ1) is 15.7. The molecule has 1 aliphatic rings. The van der Waals surface area contributed by atoms with Crippen molar-refractivity contribution in [2.24, 2.45) is 5.92 Å². The summed E-state index contributed by atoms with van der Waals surface area (Å²) >= 11 is 5.72. The first kappa shape index (κ1) is 22.6. The normalized spacial score (nSPS) is 15.4. The molecule has 1 unspecified atom stereocenters. The van der Waals surface area contributed by atoms with Crippen LogP contribution < -0.4 is 10.2 Å². The van der Waals surface area contributed by atoms with Gasteiger partial charge in [0.05, 0.1) is 10.7 Å². The number of carbonyl (C=O) groups excluding carboxylic acids is 3. The van der Waals surface area contributed by atoms with Crippen LogP contribution in [0.1, 0.15) is 31.8 Å². The first-order valence-electron chi connectivity index (χ1n) is 10.2.